The van der Waals surface area contributed by atoms with E-state index in [1.165, 1.54) is 0 Å². The third kappa shape index (κ3) is 8.31. The molecule has 0 radical (unpaired) electrons. The van der Waals surface area contributed by atoms with E-state index in [9.17, 15) is 9.59 Å². The Morgan fingerprint density at radius 1 is 0.970 bits per heavy atom. The number of carbonyl (C=O) groups excluding carboxylic acids is 2. The first-order valence-electron chi connectivity index (χ1n) is 10.7. The molecule has 3 amide bonds. The van der Waals surface area contributed by atoms with Gasteiger partial charge < -0.3 is 19.9 Å². The fraction of sp³-hybridized carbons (Fsp3) is 0.280. The molecule has 0 saturated heterocycles. The number of anilines is 1. The Morgan fingerprint density at radius 2 is 1.73 bits per heavy atom. The maximum atomic E-state index is 13.4. The van der Waals surface area contributed by atoms with Gasteiger partial charge in [-0.1, -0.05) is 52.3 Å². The minimum Gasteiger partial charge on any atom is -0.385 e. The van der Waals surface area contributed by atoms with Gasteiger partial charge in [-0.2, -0.15) is 0 Å². The number of amides is 3. The molecule has 3 rings (SSSR count). The lowest BCUT2D eigenvalue weighted by atomic mass is 10.2. The molecular weight excluding hydrogens is 502 g/mol. The van der Waals surface area contributed by atoms with Crippen LogP contribution in [-0.2, 0) is 22.6 Å². The summed E-state index contributed by atoms with van der Waals surface area (Å²) in [6.45, 7) is 1.91. The Kier molecular flexibility index (Phi) is 9.93. The van der Waals surface area contributed by atoms with Crippen LogP contribution in [0.3, 0.4) is 0 Å². The second-order valence-electron chi connectivity index (χ2n) is 7.52. The van der Waals surface area contributed by atoms with Gasteiger partial charge in [-0.05, 0) is 47.7 Å². The van der Waals surface area contributed by atoms with Crippen molar-refractivity contribution in [3.05, 3.63) is 87.0 Å². The van der Waals surface area contributed by atoms with Gasteiger partial charge in [0.15, 0.2) is 0 Å². The maximum absolute atomic E-state index is 13.4. The van der Waals surface area contributed by atoms with E-state index < -0.39 is 0 Å². The minimum absolute atomic E-state index is 0.00964. The number of hydrogen-bond donors (Lipinski definition) is 1. The molecule has 33 heavy (non-hydrogen) atoms. The zero-order chi connectivity index (χ0) is 23.5. The molecule has 0 spiro atoms. The summed E-state index contributed by atoms with van der Waals surface area (Å²) in [4.78, 5) is 30.9. The average molecular weight is 530 g/mol. The predicted molar refractivity (Wildman–Crippen MR) is 136 cm³/mol. The second kappa shape index (κ2) is 13.1. The second-order valence-corrected chi connectivity index (χ2v) is 9.47. The molecule has 0 unspecified atom stereocenters. The first kappa shape index (κ1) is 25.0. The van der Waals surface area contributed by atoms with Gasteiger partial charge in [0.05, 0.1) is 6.54 Å². The molecule has 0 bridgehead atoms. The van der Waals surface area contributed by atoms with Crippen molar-refractivity contribution in [1.29, 1.82) is 0 Å². The highest BCUT2D eigenvalue weighted by molar-refractivity contribution is 9.10. The van der Waals surface area contributed by atoms with E-state index in [2.05, 4.69) is 21.2 Å². The van der Waals surface area contributed by atoms with Crippen LogP contribution in [0.25, 0.3) is 0 Å². The molecule has 2 aromatic carbocycles. The first-order chi connectivity index (χ1) is 16.0. The molecule has 0 saturated carbocycles. The standard InChI is InChI=1S/C25H28BrN3O3S/c1-32-15-6-14-28(25(31)27-22-12-10-21(26)11-13-22)19-24(30)29(18-23-9-5-16-33-23)17-20-7-3-2-4-8-20/h2-5,7-13,16H,6,14-15,17-19H2,1H3,(H,27,31). The molecule has 0 aliphatic rings. The molecule has 0 aliphatic heterocycles. The highest BCUT2D eigenvalue weighted by Gasteiger charge is 2.22. The van der Waals surface area contributed by atoms with Crippen LogP contribution >= 0.6 is 27.3 Å². The summed E-state index contributed by atoms with van der Waals surface area (Å²) < 4.78 is 6.08. The fourth-order valence-corrected chi connectivity index (χ4v) is 4.26. The van der Waals surface area contributed by atoms with E-state index >= 15 is 0 Å². The average Bonchev–Trinajstić information content (AvgIpc) is 3.33. The summed E-state index contributed by atoms with van der Waals surface area (Å²) >= 11 is 5.01. The molecule has 174 valence electrons. The van der Waals surface area contributed by atoms with E-state index in [1.54, 1.807) is 28.2 Å². The molecule has 1 aromatic heterocycles. The van der Waals surface area contributed by atoms with Gasteiger partial charge in [-0.15, -0.1) is 11.3 Å². The third-order valence-electron chi connectivity index (χ3n) is 4.98. The highest BCUT2D eigenvalue weighted by Crippen LogP contribution is 2.17. The van der Waals surface area contributed by atoms with Gasteiger partial charge in [0.25, 0.3) is 0 Å². The zero-order valence-corrected chi connectivity index (χ0v) is 21.0. The molecule has 6 nitrogen and oxygen atoms in total. The molecule has 3 aromatic rings. The van der Waals surface area contributed by atoms with Crippen molar-refractivity contribution >= 4 is 44.9 Å². The van der Waals surface area contributed by atoms with Crippen molar-refractivity contribution in [2.45, 2.75) is 19.5 Å². The van der Waals surface area contributed by atoms with Crippen LogP contribution in [-0.4, -0.2) is 48.5 Å². The molecule has 0 atom stereocenters. The largest absolute Gasteiger partial charge is 0.385 e. The fourth-order valence-electron chi connectivity index (χ4n) is 3.28. The monoisotopic (exact) mass is 529 g/mol. The van der Waals surface area contributed by atoms with Crippen LogP contribution in [0.2, 0.25) is 0 Å². The number of carbonyl (C=O) groups is 2. The molecule has 0 aliphatic carbocycles. The van der Waals surface area contributed by atoms with E-state index in [0.29, 0.717) is 38.3 Å². The van der Waals surface area contributed by atoms with Crippen LogP contribution < -0.4 is 5.32 Å². The van der Waals surface area contributed by atoms with Crippen molar-refractivity contribution < 1.29 is 14.3 Å². The minimum atomic E-state index is -0.308. The molecular formula is C25H28BrN3O3S. The molecule has 1 N–H and O–H groups in total. The zero-order valence-electron chi connectivity index (χ0n) is 18.6. The van der Waals surface area contributed by atoms with E-state index in [0.717, 1.165) is 14.9 Å². The maximum Gasteiger partial charge on any atom is 0.322 e. The number of halogens is 1. The predicted octanol–water partition coefficient (Wildman–Crippen LogP) is 5.61. The topological polar surface area (TPSA) is 61.9 Å². The smallest absolute Gasteiger partial charge is 0.322 e. The molecule has 0 fully saturated rings. The van der Waals surface area contributed by atoms with Gasteiger partial charge in [0, 0.05) is 41.8 Å². The van der Waals surface area contributed by atoms with Crippen LogP contribution in [0.5, 0.6) is 0 Å². The van der Waals surface area contributed by atoms with Crippen LogP contribution in [0.1, 0.15) is 16.9 Å². The number of thiophene rings is 1. The lowest BCUT2D eigenvalue weighted by molar-refractivity contribution is -0.133. The van der Waals surface area contributed by atoms with Crippen LogP contribution in [0, 0.1) is 0 Å². The number of hydrogen-bond acceptors (Lipinski definition) is 4. The number of nitrogens with zero attached hydrogens (tertiary/aromatic N) is 2. The Balaban J connectivity index is 1.72. The summed E-state index contributed by atoms with van der Waals surface area (Å²) in [5.41, 5.74) is 1.72. The molecule has 8 heteroatoms. The number of ether oxygens (including phenoxy) is 1. The number of rotatable bonds is 11. The summed E-state index contributed by atoms with van der Waals surface area (Å²) in [6.07, 6.45) is 0.640. The van der Waals surface area contributed by atoms with Gasteiger partial charge in [0.2, 0.25) is 5.91 Å². The summed E-state index contributed by atoms with van der Waals surface area (Å²) in [5.74, 6) is -0.101. The normalized spacial score (nSPS) is 10.6. The Bertz CT molecular complexity index is 998. The Hall–Kier alpha value is -2.68. The molecule has 1 heterocycles. The van der Waals surface area contributed by atoms with E-state index in [1.807, 2.05) is 72.1 Å². The van der Waals surface area contributed by atoms with Crippen LogP contribution in [0.15, 0.2) is 76.6 Å². The van der Waals surface area contributed by atoms with Gasteiger partial charge >= 0.3 is 6.03 Å². The summed E-state index contributed by atoms with van der Waals surface area (Å²) in [5, 5.41) is 4.90. The van der Waals surface area contributed by atoms with Crippen molar-refractivity contribution in [3.63, 3.8) is 0 Å². The third-order valence-corrected chi connectivity index (χ3v) is 6.37. The van der Waals surface area contributed by atoms with Crippen LogP contribution in [0.4, 0.5) is 10.5 Å². The summed E-state index contributed by atoms with van der Waals surface area (Å²) in [7, 11) is 1.63. The number of urea groups is 1. The van der Waals surface area contributed by atoms with Gasteiger partial charge in [-0.25, -0.2) is 4.79 Å². The van der Waals surface area contributed by atoms with E-state index in [4.69, 9.17) is 4.74 Å². The quantitative estimate of drug-likeness (QED) is 0.328. The van der Waals surface area contributed by atoms with Crippen molar-refractivity contribution in [3.8, 4) is 0 Å². The van der Waals surface area contributed by atoms with Gasteiger partial charge in [0.1, 0.15) is 6.54 Å². The number of nitrogens with one attached hydrogen (secondary N) is 1. The Labute approximate surface area is 207 Å². The lowest BCUT2D eigenvalue weighted by Crippen LogP contribution is -2.44. The SMILES string of the molecule is COCCCN(CC(=O)N(Cc1ccccc1)Cc1cccs1)C(=O)Nc1ccc(Br)cc1. The van der Waals surface area contributed by atoms with E-state index in [-0.39, 0.29) is 18.5 Å². The van der Waals surface area contributed by atoms with Crippen molar-refractivity contribution in [2.75, 3.05) is 32.1 Å². The van der Waals surface area contributed by atoms with Crippen molar-refractivity contribution in [2.24, 2.45) is 0 Å². The Morgan fingerprint density at radius 3 is 2.39 bits per heavy atom. The number of benzene rings is 2. The first-order valence-corrected chi connectivity index (χ1v) is 12.4. The van der Waals surface area contributed by atoms with Crippen molar-refractivity contribution in [1.82, 2.24) is 9.80 Å². The lowest BCUT2D eigenvalue weighted by Gasteiger charge is -2.28. The number of methoxy groups -OCH3 is 1. The van der Waals surface area contributed by atoms with Gasteiger partial charge in [-0.3, -0.25) is 4.79 Å². The highest BCUT2D eigenvalue weighted by atomic mass is 79.9. The summed E-state index contributed by atoms with van der Waals surface area (Å²) in [6, 6.07) is 20.9.